The molecule has 0 aromatic carbocycles. The van der Waals surface area contributed by atoms with E-state index in [0.717, 1.165) is 0 Å². The Morgan fingerprint density at radius 2 is 1.08 bits per heavy atom. The average Bonchev–Trinajstić information content (AvgIpc) is 3.00. The number of Topliss-reactive ketones (excluding diaryl/α,β-unsaturated/α-hetero) is 4. The standard InChI is InChI=1S/C40H71NO10/c1-13-30(42)15-18-47-25-40(26-48-19-16-31(43)14-2,27-49-20-17-34(44)28(3)4)41-35(45)23-38(9,10)50-32-21-33(22-32)51-39(11,12)24-37(7,8)36(46)29(5)6/h28-29,32-33H,13-27H2,1-12H3,(H,41,45). The lowest BCUT2D eigenvalue weighted by molar-refractivity contribution is -0.193. The molecular formula is C40H71NO10. The maximum Gasteiger partial charge on any atom is 0.223 e. The minimum Gasteiger partial charge on any atom is -0.378 e. The summed E-state index contributed by atoms with van der Waals surface area (Å²) >= 11 is 0. The largest absolute Gasteiger partial charge is 0.378 e. The Bertz CT molecular complexity index is 1100. The number of carbonyl (C=O) groups is 5. The lowest BCUT2D eigenvalue weighted by Crippen LogP contribution is -2.59. The molecule has 0 unspecified atom stereocenters. The Morgan fingerprint density at radius 1 is 0.647 bits per heavy atom. The SMILES string of the molecule is CCC(=O)CCOCC(COCCC(=O)CC)(COCCC(=O)C(C)C)NC(=O)CC(C)(C)OC1CC(OC(C)(C)CC(C)(C)C(=O)C(C)C)C1. The number of hydrogen-bond donors (Lipinski definition) is 1. The van der Waals surface area contributed by atoms with Crippen molar-refractivity contribution in [3.05, 3.63) is 0 Å². The van der Waals surface area contributed by atoms with Crippen LogP contribution in [-0.2, 0) is 47.7 Å². The van der Waals surface area contributed by atoms with Crippen molar-refractivity contribution < 1.29 is 47.7 Å². The fraction of sp³-hybridized carbons (Fsp3) is 0.875. The van der Waals surface area contributed by atoms with Gasteiger partial charge in [0.05, 0.1) is 69.5 Å². The number of nitrogens with one attached hydrogen (secondary N) is 1. The van der Waals surface area contributed by atoms with Gasteiger partial charge in [-0.1, -0.05) is 55.4 Å². The van der Waals surface area contributed by atoms with Crippen LogP contribution in [0.5, 0.6) is 0 Å². The third-order valence-electron chi connectivity index (χ3n) is 9.18. The second-order valence-electron chi connectivity index (χ2n) is 16.9. The Labute approximate surface area is 308 Å². The lowest BCUT2D eigenvalue weighted by atomic mass is 9.75. The van der Waals surface area contributed by atoms with Crippen molar-refractivity contribution in [2.75, 3.05) is 39.6 Å². The first-order valence-corrected chi connectivity index (χ1v) is 19.1. The first-order valence-electron chi connectivity index (χ1n) is 19.1. The van der Waals surface area contributed by atoms with Crippen LogP contribution in [0.1, 0.15) is 141 Å². The van der Waals surface area contributed by atoms with Gasteiger partial charge in [0.15, 0.2) is 0 Å². The highest BCUT2D eigenvalue weighted by atomic mass is 16.5. The molecule has 296 valence electrons. The second kappa shape index (κ2) is 21.6. The molecule has 0 radical (unpaired) electrons. The number of hydrogen-bond acceptors (Lipinski definition) is 10. The van der Waals surface area contributed by atoms with Crippen molar-refractivity contribution in [3.63, 3.8) is 0 Å². The van der Waals surface area contributed by atoms with E-state index >= 15 is 0 Å². The van der Waals surface area contributed by atoms with Gasteiger partial charge in [-0.05, 0) is 34.1 Å². The minimum absolute atomic E-state index is 0.000400. The molecule has 0 aliphatic heterocycles. The summed E-state index contributed by atoms with van der Waals surface area (Å²) in [5.74, 6) is -0.0177. The van der Waals surface area contributed by atoms with Gasteiger partial charge in [0.2, 0.25) is 5.91 Å². The van der Waals surface area contributed by atoms with Gasteiger partial charge < -0.3 is 29.0 Å². The number of ether oxygens (including phenoxy) is 5. The van der Waals surface area contributed by atoms with Gasteiger partial charge in [-0.15, -0.1) is 0 Å². The molecule has 0 atom stereocenters. The van der Waals surface area contributed by atoms with Gasteiger partial charge in [-0.3, -0.25) is 24.0 Å². The van der Waals surface area contributed by atoms with E-state index < -0.39 is 22.2 Å². The van der Waals surface area contributed by atoms with Crippen LogP contribution in [0.3, 0.4) is 0 Å². The van der Waals surface area contributed by atoms with Gasteiger partial charge in [0.25, 0.3) is 0 Å². The lowest BCUT2D eigenvalue weighted by Gasteiger charge is -2.45. The van der Waals surface area contributed by atoms with Crippen LogP contribution in [0.2, 0.25) is 0 Å². The van der Waals surface area contributed by atoms with E-state index in [4.69, 9.17) is 23.7 Å². The summed E-state index contributed by atoms with van der Waals surface area (Å²) in [6.07, 6.45) is 3.49. The summed E-state index contributed by atoms with van der Waals surface area (Å²) < 4.78 is 30.6. The molecule has 1 fully saturated rings. The summed E-state index contributed by atoms with van der Waals surface area (Å²) in [6.45, 7) is 23.4. The van der Waals surface area contributed by atoms with Crippen molar-refractivity contribution in [2.45, 2.75) is 170 Å². The zero-order chi connectivity index (χ0) is 39.0. The Hall–Kier alpha value is -2.05. The van der Waals surface area contributed by atoms with Gasteiger partial charge in [0, 0.05) is 62.2 Å². The molecule has 1 aliphatic carbocycles. The molecule has 0 spiro atoms. The maximum atomic E-state index is 13.7. The van der Waals surface area contributed by atoms with E-state index in [1.54, 1.807) is 13.8 Å². The molecule has 11 nitrogen and oxygen atoms in total. The molecule has 51 heavy (non-hydrogen) atoms. The minimum atomic E-state index is -1.13. The van der Waals surface area contributed by atoms with E-state index in [1.165, 1.54) is 0 Å². The monoisotopic (exact) mass is 726 g/mol. The summed E-state index contributed by atoms with van der Waals surface area (Å²) in [6, 6.07) is 0. The van der Waals surface area contributed by atoms with Crippen molar-refractivity contribution >= 4 is 29.0 Å². The molecule has 0 bridgehead atoms. The molecule has 11 heteroatoms. The molecule has 1 aliphatic rings. The maximum absolute atomic E-state index is 13.7. The van der Waals surface area contributed by atoms with E-state index in [1.807, 2.05) is 69.2 Å². The number of amides is 1. The topological polar surface area (TPSA) is 144 Å². The third-order valence-corrected chi connectivity index (χ3v) is 9.18. The third kappa shape index (κ3) is 18.5. The molecule has 0 aromatic heterocycles. The molecule has 1 amide bonds. The van der Waals surface area contributed by atoms with Crippen LogP contribution in [0, 0.1) is 17.3 Å². The molecule has 1 N–H and O–H groups in total. The van der Waals surface area contributed by atoms with Gasteiger partial charge in [-0.2, -0.15) is 0 Å². The quantitative estimate of drug-likeness (QED) is 0.0861. The zero-order valence-electron chi connectivity index (χ0n) is 34.0. The summed E-state index contributed by atoms with van der Waals surface area (Å²) in [5.41, 5.74) is -2.91. The summed E-state index contributed by atoms with van der Waals surface area (Å²) in [7, 11) is 0. The van der Waals surface area contributed by atoms with Crippen molar-refractivity contribution in [1.29, 1.82) is 0 Å². The molecule has 1 saturated carbocycles. The Balaban J connectivity index is 2.94. The smallest absolute Gasteiger partial charge is 0.223 e. The second-order valence-corrected chi connectivity index (χ2v) is 16.9. The summed E-state index contributed by atoms with van der Waals surface area (Å²) in [5, 5.41) is 3.09. The number of carbonyl (C=O) groups excluding carboxylic acids is 5. The predicted octanol–water partition coefficient (Wildman–Crippen LogP) is 6.40. The van der Waals surface area contributed by atoms with E-state index in [9.17, 15) is 24.0 Å². The van der Waals surface area contributed by atoms with Gasteiger partial charge >= 0.3 is 0 Å². The van der Waals surface area contributed by atoms with Crippen LogP contribution in [0.25, 0.3) is 0 Å². The normalized spacial score (nSPS) is 17.1. The van der Waals surface area contributed by atoms with E-state index in [-0.39, 0.29) is 118 Å². The highest BCUT2D eigenvalue weighted by Gasteiger charge is 2.42. The van der Waals surface area contributed by atoms with Crippen LogP contribution < -0.4 is 5.32 Å². The molecule has 0 saturated heterocycles. The highest BCUT2D eigenvalue weighted by Crippen LogP contribution is 2.38. The fourth-order valence-electron chi connectivity index (χ4n) is 6.58. The predicted molar refractivity (Wildman–Crippen MR) is 198 cm³/mol. The summed E-state index contributed by atoms with van der Waals surface area (Å²) in [4.78, 5) is 62.5. The van der Waals surface area contributed by atoms with Crippen LogP contribution >= 0.6 is 0 Å². The first-order chi connectivity index (χ1) is 23.6. The van der Waals surface area contributed by atoms with Crippen LogP contribution in [-0.4, -0.2) is 97.6 Å². The first kappa shape index (κ1) is 47.0. The zero-order valence-corrected chi connectivity index (χ0v) is 34.0. The van der Waals surface area contributed by atoms with Crippen molar-refractivity contribution in [3.8, 4) is 0 Å². The van der Waals surface area contributed by atoms with Gasteiger partial charge in [-0.25, -0.2) is 0 Å². The fourth-order valence-corrected chi connectivity index (χ4v) is 6.58. The average molecular weight is 726 g/mol. The Kier molecular flexibility index (Phi) is 19.9. The number of rotatable bonds is 29. The molecule has 0 aromatic rings. The molecule has 0 heterocycles. The highest BCUT2D eigenvalue weighted by molar-refractivity contribution is 5.85. The molecular weight excluding hydrogens is 654 g/mol. The number of ketones is 4. The Morgan fingerprint density at radius 3 is 1.49 bits per heavy atom. The van der Waals surface area contributed by atoms with E-state index in [0.29, 0.717) is 32.1 Å². The van der Waals surface area contributed by atoms with Crippen molar-refractivity contribution in [1.82, 2.24) is 5.32 Å². The van der Waals surface area contributed by atoms with E-state index in [2.05, 4.69) is 5.32 Å². The molecule has 1 rings (SSSR count). The van der Waals surface area contributed by atoms with Crippen LogP contribution in [0.4, 0.5) is 0 Å². The van der Waals surface area contributed by atoms with Gasteiger partial charge in [0.1, 0.15) is 28.7 Å². The van der Waals surface area contributed by atoms with Crippen molar-refractivity contribution in [2.24, 2.45) is 17.3 Å². The van der Waals surface area contributed by atoms with Crippen LogP contribution in [0.15, 0.2) is 0 Å².